The first kappa shape index (κ1) is 16.2. The summed E-state index contributed by atoms with van der Waals surface area (Å²) in [5, 5.41) is 5.89. The Bertz CT molecular complexity index is 703. The molecule has 2 aromatic rings. The Labute approximate surface area is 141 Å². The zero-order valence-electron chi connectivity index (χ0n) is 13.5. The molecule has 5 heteroatoms. The highest BCUT2D eigenvalue weighted by atomic mass is 16.2. The molecule has 1 aliphatic rings. The van der Waals surface area contributed by atoms with Crippen molar-refractivity contribution in [3.05, 3.63) is 60.4 Å². The lowest BCUT2D eigenvalue weighted by Crippen LogP contribution is -2.57. The number of carbonyl (C=O) groups excluding carboxylic acids is 2. The van der Waals surface area contributed by atoms with Crippen LogP contribution < -0.4 is 10.6 Å². The molecule has 1 unspecified atom stereocenters. The van der Waals surface area contributed by atoms with Gasteiger partial charge in [-0.1, -0.05) is 36.8 Å². The van der Waals surface area contributed by atoms with Crippen molar-refractivity contribution in [2.45, 2.75) is 37.6 Å². The lowest BCUT2D eigenvalue weighted by molar-refractivity contribution is -0.130. The molecule has 1 aliphatic heterocycles. The first-order chi connectivity index (χ1) is 11.7. The predicted molar refractivity (Wildman–Crippen MR) is 92.4 cm³/mol. The van der Waals surface area contributed by atoms with Crippen LogP contribution in [0.2, 0.25) is 0 Å². The number of amides is 2. The van der Waals surface area contributed by atoms with E-state index < -0.39 is 5.54 Å². The van der Waals surface area contributed by atoms with Crippen molar-refractivity contribution in [1.82, 2.24) is 10.3 Å². The smallest absolute Gasteiger partial charge is 0.250 e. The van der Waals surface area contributed by atoms with Gasteiger partial charge in [0.15, 0.2) is 0 Å². The Morgan fingerprint density at radius 2 is 2.00 bits per heavy atom. The number of hydrogen-bond donors (Lipinski definition) is 2. The van der Waals surface area contributed by atoms with E-state index in [4.69, 9.17) is 0 Å². The quantitative estimate of drug-likeness (QED) is 0.909. The van der Waals surface area contributed by atoms with Crippen molar-refractivity contribution in [3.63, 3.8) is 0 Å². The third-order valence-electron chi connectivity index (χ3n) is 4.34. The average Bonchev–Trinajstić information content (AvgIpc) is 2.79. The Hall–Kier alpha value is -2.69. The summed E-state index contributed by atoms with van der Waals surface area (Å²) in [6.07, 6.45) is 6.48. The van der Waals surface area contributed by atoms with Gasteiger partial charge in [0, 0.05) is 19.0 Å². The maximum atomic E-state index is 13.0. The number of aromatic nitrogens is 1. The molecule has 1 atom stereocenters. The molecule has 0 saturated carbocycles. The standard InChI is InChI=1S/C19H21N3O2/c23-17-10-4-5-11-19(22-17,13-15-7-2-1-3-8-15)18(24)21-16-9-6-12-20-14-16/h1-3,6-9,12,14H,4-5,10-11,13H2,(H,21,24)(H,22,23). The number of anilines is 1. The van der Waals surface area contributed by atoms with Crippen LogP contribution in [-0.2, 0) is 16.0 Å². The first-order valence-corrected chi connectivity index (χ1v) is 8.24. The van der Waals surface area contributed by atoms with Gasteiger partial charge >= 0.3 is 0 Å². The Kier molecular flexibility index (Phi) is 4.89. The molecule has 2 amide bonds. The molecule has 1 aromatic heterocycles. The molecule has 0 spiro atoms. The van der Waals surface area contributed by atoms with E-state index in [2.05, 4.69) is 15.6 Å². The summed E-state index contributed by atoms with van der Waals surface area (Å²) in [5.41, 5.74) is 0.736. The zero-order valence-corrected chi connectivity index (χ0v) is 13.5. The highest BCUT2D eigenvalue weighted by Gasteiger charge is 2.40. The minimum Gasteiger partial charge on any atom is -0.341 e. The van der Waals surface area contributed by atoms with Crippen molar-refractivity contribution in [2.24, 2.45) is 0 Å². The number of pyridine rings is 1. The first-order valence-electron chi connectivity index (χ1n) is 8.24. The van der Waals surface area contributed by atoms with Crippen molar-refractivity contribution in [2.75, 3.05) is 5.32 Å². The number of rotatable bonds is 4. The van der Waals surface area contributed by atoms with Gasteiger partial charge in [-0.3, -0.25) is 14.6 Å². The molecule has 24 heavy (non-hydrogen) atoms. The summed E-state index contributed by atoms with van der Waals surface area (Å²) in [6.45, 7) is 0. The highest BCUT2D eigenvalue weighted by Crippen LogP contribution is 2.26. The molecule has 0 aliphatic carbocycles. The van der Waals surface area contributed by atoms with Gasteiger partial charge in [0.1, 0.15) is 5.54 Å². The molecule has 1 saturated heterocycles. The van der Waals surface area contributed by atoms with E-state index in [1.54, 1.807) is 24.5 Å². The van der Waals surface area contributed by atoms with E-state index in [0.29, 0.717) is 24.9 Å². The Morgan fingerprint density at radius 3 is 2.75 bits per heavy atom. The average molecular weight is 323 g/mol. The normalized spacial score (nSPS) is 20.8. The van der Waals surface area contributed by atoms with Crippen LogP contribution >= 0.6 is 0 Å². The topological polar surface area (TPSA) is 71.1 Å². The van der Waals surface area contributed by atoms with Gasteiger partial charge in [-0.25, -0.2) is 0 Å². The number of nitrogens with one attached hydrogen (secondary N) is 2. The highest BCUT2D eigenvalue weighted by molar-refractivity contribution is 6.00. The number of benzene rings is 1. The van der Waals surface area contributed by atoms with Crippen LogP contribution in [0.15, 0.2) is 54.9 Å². The molecular weight excluding hydrogens is 302 g/mol. The third kappa shape index (κ3) is 3.79. The minimum absolute atomic E-state index is 0.0650. The van der Waals surface area contributed by atoms with Crippen LogP contribution in [0.3, 0.4) is 0 Å². The summed E-state index contributed by atoms with van der Waals surface area (Å²) in [7, 11) is 0. The fraction of sp³-hybridized carbons (Fsp3) is 0.316. The van der Waals surface area contributed by atoms with Crippen LogP contribution in [0.1, 0.15) is 31.2 Å². The lowest BCUT2D eigenvalue weighted by Gasteiger charge is -2.32. The predicted octanol–water partition coefficient (Wildman–Crippen LogP) is 2.69. The Morgan fingerprint density at radius 1 is 1.17 bits per heavy atom. The molecule has 2 N–H and O–H groups in total. The molecule has 3 rings (SSSR count). The number of hydrogen-bond acceptors (Lipinski definition) is 3. The summed E-state index contributed by atoms with van der Waals surface area (Å²) in [4.78, 5) is 29.2. The van der Waals surface area contributed by atoms with E-state index in [0.717, 1.165) is 18.4 Å². The lowest BCUT2D eigenvalue weighted by atomic mass is 9.85. The summed E-state index contributed by atoms with van der Waals surface area (Å²) >= 11 is 0. The van der Waals surface area contributed by atoms with Crippen LogP contribution in [0.25, 0.3) is 0 Å². The second kappa shape index (κ2) is 7.25. The maximum Gasteiger partial charge on any atom is 0.250 e. The van der Waals surface area contributed by atoms with Crippen molar-refractivity contribution in [1.29, 1.82) is 0 Å². The van der Waals surface area contributed by atoms with E-state index in [-0.39, 0.29) is 11.8 Å². The summed E-state index contributed by atoms with van der Waals surface area (Å²) in [6, 6.07) is 13.4. The molecule has 0 radical (unpaired) electrons. The van der Waals surface area contributed by atoms with Crippen LogP contribution in [-0.4, -0.2) is 22.3 Å². The van der Waals surface area contributed by atoms with Crippen molar-refractivity contribution < 1.29 is 9.59 Å². The van der Waals surface area contributed by atoms with E-state index in [1.165, 1.54) is 0 Å². The molecule has 1 fully saturated rings. The van der Waals surface area contributed by atoms with Gasteiger partial charge in [0.05, 0.1) is 11.9 Å². The fourth-order valence-electron chi connectivity index (χ4n) is 3.12. The van der Waals surface area contributed by atoms with Crippen LogP contribution in [0, 0.1) is 0 Å². The van der Waals surface area contributed by atoms with Gasteiger partial charge < -0.3 is 10.6 Å². The largest absolute Gasteiger partial charge is 0.341 e. The van der Waals surface area contributed by atoms with Gasteiger partial charge in [0.2, 0.25) is 5.91 Å². The van der Waals surface area contributed by atoms with Crippen LogP contribution in [0.4, 0.5) is 5.69 Å². The maximum absolute atomic E-state index is 13.0. The van der Waals surface area contributed by atoms with Gasteiger partial charge in [-0.05, 0) is 30.5 Å². The molecule has 1 aromatic carbocycles. The summed E-state index contributed by atoms with van der Waals surface area (Å²) < 4.78 is 0. The number of carbonyl (C=O) groups is 2. The summed E-state index contributed by atoms with van der Waals surface area (Å²) in [5.74, 6) is -0.251. The second-order valence-corrected chi connectivity index (χ2v) is 6.20. The molecule has 2 heterocycles. The van der Waals surface area contributed by atoms with Gasteiger partial charge in [-0.15, -0.1) is 0 Å². The van der Waals surface area contributed by atoms with Gasteiger partial charge in [0.25, 0.3) is 5.91 Å². The minimum atomic E-state index is -0.926. The Balaban J connectivity index is 1.88. The monoisotopic (exact) mass is 323 g/mol. The molecule has 124 valence electrons. The molecule has 5 nitrogen and oxygen atoms in total. The van der Waals surface area contributed by atoms with E-state index >= 15 is 0 Å². The van der Waals surface area contributed by atoms with Gasteiger partial charge in [-0.2, -0.15) is 0 Å². The zero-order chi connectivity index (χ0) is 16.8. The fourth-order valence-corrected chi connectivity index (χ4v) is 3.12. The van der Waals surface area contributed by atoms with Crippen molar-refractivity contribution in [3.8, 4) is 0 Å². The molecule has 0 bridgehead atoms. The second-order valence-electron chi connectivity index (χ2n) is 6.20. The van der Waals surface area contributed by atoms with Crippen molar-refractivity contribution >= 4 is 17.5 Å². The van der Waals surface area contributed by atoms with E-state index in [9.17, 15) is 9.59 Å². The van der Waals surface area contributed by atoms with E-state index in [1.807, 2.05) is 30.3 Å². The third-order valence-corrected chi connectivity index (χ3v) is 4.34. The van der Waals surface area contributed by atoms with Crippen LogP contribution in [0.5, 0.6) is 0 Å². The number of nitrogens with zero attached hydrogens (tertiary/aromatic N) is 1. The molecular formula is C19H21N3O2. The SMILES string of the molecule is O=C1CCCCC(Cc2ccccc2)(C(=O)Nc2cccnc2)N1.